The Kier molecular flexibility index (Phi) is 7.79. The first-order chi connectivity index (χ1) is 16.2. The molecular weight excluding hydrogens is 479 g/mol. The summed E-state index contributed by atoms with van der Waals surface area (Å²) in [7, 11) is 0. The maximum Gasteiger partial charge on any atom is 0.416 e. The second-order valence-electron chi connectivity index (χ2n) is 10.1. The van der Waals surface area contributed by atoms with Crippen molar-refractivity contribution in [3.63, 3.8) is 0 Å². The van der Waals surface area contributed by atoms with E-state index < -0.39 is 35.1 Å². The predicted molar refractivity (Wildman–Crippen MR) is 129 cm³/mol. The van der Waals surface area contributed by atoms with E-state index in [0.717, 1.165) is 17.0 Å². The van der Waals surface area contributed by atoms with Crippen molar-refractivity contribution in [2.45, 2.75) is 58.7 Å². The van der Waals surface area contributed by atoms with Crippen molar-refractivity contribution in [1.82, 2.24) is 5.32 Å². The second-order valence-corrected chi connectivity index (χ2v) is 11.3. The lowest BCUT2D eigenvalue weighted by Gasteiger charge is -2.30. The van der Waals surface area contributed by atoms with Crippen LogP contribution in [-0.4, -0.2) is 28.3 Å². The van der Waals surface area contributed by atoms with Crippen molar-refractivity contribution in [3.8, 4) is 0 Å². The number of carboxylic acids is 1. The summed E-state index contributed by atoms with van der Waals surface area (Å²) in [4.78, 5) is 26.2. The topological polar surface area (TPSA) is 75.6 Å². The molecule has 1 aromatic carbocycles. The molecule has 0 radical (unpaired) electrons. The SMILES string of the molecule is CC(C)C1=CC2C=CC(C(=O)NC(C(=O)O)C(C)(C)C)=C(OCc3ccc(C(F)(F)F)cc3)C2S1. The number of nitrogens with one attached hydrogen (secondary N) is 1. The Bertz CT molecular complexity index is 1070. The van der Waals surface area contributed by atoms with Crippen molar-refractivity contribution in [3.05, 3.63) is 69.9 Å². The molecule has 1 amide bonds. The molecule has 9 heteroatoms. The lowest BCUT2D eigenvalue weighted by Crippen LogP contribution is -2.49. The van der Waals surface area contributed by atoms with Gasteiger partial charge in [-0.2, -0.15) is 13.2 Å². The third-order valence-electron chi connectivity index (χ3n) is 5.86. The number of ether oxygens (including phenoxy) is 1. The molecule has 1 heterocycles. The number of benzene rings is 1. The van der Waals surface area contributed by atoms with Crippen LogP contribution in [0.3, 0.4) is 0 Å². The Hall–Kier alpha value is -2.68. The first-order valence-corrected chi connectivity index (χ1v) is 12.2. The van der Waals surface area contributed by atoms with Crippen LogP contribution in [0.15, 0.2) is 58.7 Å². The van der Waals surface area contributed by atoms with Gasteiger partial charge in [-0.05, 0) is 40.0 Å². The average molecular weight is 510 g/mol. The number of hydrogen-bond acceptors (Lipinski definition) is 4. The van der Waals surface area contributed by atoms with E-state index in [1.807, 2.05) is 6.08 Å². The summed E-state index contributed by atoms with van der Waals surface area (Å²) < 4.78 is 44.7. The van der Waals surface area contributed by atoms with E-state index in [-0.39, 0.29) is 29.3 Å². The van der Waals surface area contributed by atoms with Gasteiger partial charge in [-0.15, -0.1) is 11.8 Å². The highest BCUT2D eigenvalue weighted by molar-refractivity contribution is 8.04. The smallest absolute Gasteiger partial charge is 0.416 e. The van der Waals surface area contributed by atoms with E-state index in [1.54, 1.807) is 38.6 Å². The third kappa shape index (κ3) is 6.31. The normalized spacial score (nSPS) is 21.0. The first-order valence-electron chi connectivity index (χ1n) is 11.3. The minimum Gasteiger partial charge on any atom is -0.491 e. The van der Waals surface area contributed by atoms with Gasteiger partial charge in [0.15, 0.2) is 0 Å². The molecule has 0 saturated heterocycles. The predicted octanol–water partition coefficient (Wildman–Crippen LogP) is 5.93. The van der Waals surface area contributed by atoms with E-state index in [2.05, 4.69) is 25.2 Å². The lowest BCUT2D eigenvalue weighted by molar-refractivity contribution is -0.144. The zero-order valence-electron chi connectivity index (χ0n) is 20.3. The van der Waals surface area contributed by atoms with Crippen LogP contribution in [0.1, 0.15) is 45.7 Å². The highest BCUT2D eigenvalue weighted by Crippen LogP contribution is 2.47. The molecule has 3 unspecified atom stereocenters. The fraction of sp³-hybridized carbons (Fsp3) is 0.462. The number of halogens is 3. The molecule has 35 heavy (non-hydrogen) atoms. The molecule has 2 N–H and O–H groups in total. The number of amides is 1. The zero-order valence-corrected chi connectivity index (χ0v) is 21.1. The summed E-state index contributed by atoms with van der Waals surface area (Å²) in [5.74, 6) is -1.04. The van der Waals surface area contributed by atoms with Crippen LogP contribution in [0.5, 0.6) is 0 Å². The van der Waals surface area contributed by atoms with E-state index in [9.17, 15) is 27.9 Å². The minimum absolute atomic E-state index is 0.00515. The van der Waals surface area contributed by atoms with Gasteiger partial charge in [0.2, 0.25) is 0 Å². The molecule has 0 saturated carbocycles. The maximum absolute atomic E-state index is 13.2. The van der Waals surface area contributed by atoms with E-state index in [4.69, 9.17) is 4.74 Å². The van der Waals surface area contributed by atoms with Crippen LogP contribution in [-0.2, 0) is 27.1 Å². The molecular formula is C26H30F3NO4S. The summed E-state index contributed by atoms with van der Waals surface area (Å²) in [5.41, 5.74) is -0.729. The summed E-state index contributed by atoms with van der Waals surface area (Å²) in [5, 5.41) is 12.0. The highest BCUT2D eigenvalue weighted by Gasteiger charge is 2.39. The molecule has 2 aliphatic rings. The average Bonchev–Trinajstić information content (AvgIpc) is 3.19. The van der Waals surface area contributed by atoms with Gasteiger partial charge in [-0.25, -0.2) is 4.79 Å². The van der Waals surface area contributed by atoms with Crippen molar-refractivity contribution < 1.29 is 32.6 Å². The minimum atomic E-state index is -4.43. The van der Waals surface area contributed by atoms with Crippen molar-refractivity contribution >= 4 is 23.6 Å². The van der Waals surface area contributed by atoms with Crippen LogP contribution in [0, 0.1) is 17.3 Å². The van der Waals surface area contributed by atoms with Crippen molar-refractivity contribution in [2.75, 3.05) is 0 Å². The number of fused-ring (bicyclic) bond motifs is 1. The molecule has 0 fully saturated rings. The second kappa shape index (κ2) is 10.1. The van der Waals surface area contributed by atoms with Crippen molar-refractivity contribution in [2.24, 2.45) is 17.3 Å². The molecule has 1 aliphatic carbocycles. The lowest BCUT2D eigenvalue weighted by atomic mass is 9.86. The largest absolute Gasteiger partial charge is 0.491 e. The third-order valence-corrected chi connectivity index (χ3v) is 7.52. The van der Waals surface area contributed by atoms with Gasteiger partial charge in [-0.1, -0.05) is 58.9 Å². The Balaban J connectivity index is 1.89. The number of rotatable bonds is 7. The molecule has 1 aromatic rings. The summed E-state index contributed by atoms with van der Waals surface area (Å²) in [6, 6.07) is 3.56. The molecule has 3 rings (SSSR count). The van der Waals surface area contributed by atoms with E-state index >= 15 is 0 Å². The number of carboxylic acid groups (broad SMARTS) is 1. The summed E-state index contributed by atoms with van der Waals surface area (Å²) in [6.07, 6.45) is 1.24. The van der Waals surface area contributed by atoms with Gasteiger partial charge in [0.1, 0.15) is 18.4 Å². The Labute approximate surface area is 207 Å². The van der Waals surface area contributed by atoms with Crippen LogP contribution in [0.2, 0.25) is 0 Å². The Morgan fingerprint density at radius 3 is 2.29 bits per heavy atom. The number of thioether (sulfide) groups is 1. The summed E-state index contributed by atoms with van der Waals surface area (Å²) >= 11 is 1.59. The quantitative estimate of drug-likeness (QED) is 0.476. The number of hydrogen-bond donors (Lipinski definition) is 2. The van der Waals surface area contributed by atoms with E-state index in [0.29, 0.717) is 11.3 Å². The molecule has 190 valence electrons. The maximum atomic E-state index is 13.2. The molecule has 0 spiro atoms. The van der Waals surface area contributed by atoms with Crippen LogP contribution in [0.4, 0.5) is 13.2 Å². The van der Waals surface area contributed by atoms with Crippen molar-refractivity contribution in [1.29, 1.82) is 0 Å². The van der Waals surface area contributed by atoms with Gasteiger partial charge in [0.05, 0.1) is 16.4 Å². The number of aliphatic carboxylic acids is 1. The number of carbonyl (C=O) groups excluding carboxylic acids is 1. The van der Waals surface area contributed by atoms with Gasteiger partial charge >= 0.3 is 12.1 Å². The molecule has 3 atom stereocenters. The Morgan fingerprint density at radius 2 is 1.77 bits per heavy atom. The first kappa shape index (κ1) is 26.9. The Morgan fingerprint density at radius 1 is 1.14 bits per heavy atom. The number of alkyl halides is 3. The molecule has 0 bridgehead atoms. The van der Waals surface area contributed by atoms with Gasteiger partial charge in [0.25, 0.3) is 5.91 Å². The number of allylic oxidation sites excluding steroid dienone is 3. The molecule has 1 aliphatic heterocycles. The van der Waals surface area contributed by atoms with E-state index in [1.165, 1.54) is 12.1 Å². The van der Waals surface area contributed by atoms with Crippen LogP contribution < -0.4 is 5.32 Å². The standard InChI is InChI=1S/C26H30F3NO4S/c1-14(2)19-12-16-8-11-18(23(31)30-22(24(32)33)25(3,4)5)20(21(16)35-19)34-13-15-6-9-17(10-7-15)26(27,28)29/h6-12,14,16,21-22H,13H2,1-5H3,(H,30,31)(H,32,33). The van der Waals surface area contributed by atoms with Gasteiger partial charge in [0, 0.05) is 5.92 Å². The zero-order chi connectivity index (χ0) is 26.1. The number of carbonyl (C=O) groups is 2. The monoisotopic (exact) mass is 509 g/mol. The highest BCUT2D eigenvalue weighted by atomic mass is 32.2. The fourth-order valence-corrected chi connectivity index (χ4v) is 5.28. The molecule has 0 aromatic heterocycles. The van der Waals surface area contributed by atoms with Gasteiger partial charge < -0.3 is 15.2 Å². The molecule has 5 nitrogen and oxygen atoms in total. The fourth-order valence-electron chi connectivity index (χ4n) is 3.85. The van der Waals surface area contributed by atoms with Gasteiger partial charge in [-0.3, -0.25) is 4.79 Å². The summed E-state index contributed by atoms with van der Waals surface area (Å²) in [6.45, 7) is 9.28. The van der Waals surface area contributed by atoms with Crippen LogP contribution >= 0.6 is 11.8 Å². The van der Waals surface area contributed by atoms with Crippen LogP contribution in [0.25, 0.3) is 0 Å².